The van der Waals surface area contributed by atoms with Crippen molar-refractivity contribution in [3.05, 3.63) is 193 Å². The van der Waals surface area contributed by atoms with Crippen molar-refractivity contribution in [1.82, 2.24) is 24.3 Å². The summed E-state index contributed by atoms with van der Waals surface area (Å²) in [4.78, 5) is 109. The first kappa shape index (κ1) is 77.4. The van der Waals surface area contributed by atoms with Crippen LogP contribution in [0.15, 0.2) is 141 Å². The summed E-state index contributed by atoms with van der Waals surface area (Å²) in [6.45, 7) is 4.15. The first-order chi connectivity index (χ1) is 49.6. The van der Waals surface area contributed by atoms with Gasteiger partial charge in [-0.15, -0.1) is 11.8 Å². The molecule has 9 rings (SSSR count). The summed E-state index contributed by atoms with van der Waals surface area (Å²) < 4.78 is 74.8. The minimum Gasteiger partial charge on any atom is -0.480 e. The van der Waals surface area contributed by atoms with Gasteiger partial charge in [0.05, 0.1) is 115 Å². The number of nitrogens with one attached hydrogen (secondary N) is 2. The van der Waals surface area contributed by atoms with E-state index in [-0.39, 0.29) is 118 Å². The molecule has 2 unspecified atom stereocenters. The Kier molecular flexibility index (Phi) is 28.1. The second-order valence-corrected chi connectivity index (χ2v) is 25.9. The van der Waals surface area contributed by atoms with E-state index < -0.39 is 76.6 Å². The summed E-state index contributed by atoms with van der Waals surface area (Å²) >= 11 is 0.905. The van der Waals surface area contributed by atoms with E-state index in [4.69, 9.17) is 38.6 Å². The topological polar surface area (TPSA) is 315 Å². The summed E-state index contributed by atoms with van der Waals surface area (Å²) in [7, 11) is 7.59. The molecule has 103 heavy (non-hydrogen) atoms. The predicted molar refractivity (Wildman–Crippen MR) is 384 cm³/mol. The quantitative estimate of drug-likeness (QED) is 0.00902. The number of carboxylic acid groups (broad SMARTS) is 2. The second-order valence-electron chi connectivity index (χ2n) is 24.7. The van der Waals surface area contributed by atoms with E-state index in [0.717, 1.165) is 36.8 Å². The number of fused-ring (bicyclic) bond motifs is 2. The van der Waals surface area contributed by atoms with Crippen LogP contribution in [0.5, 0.6) is 0 Å². The fourth-order valence-corrected chi connectivity index (χ4v) is 12.7. The van der Waals surface area contributed by atoms with Gasteiger partial charge in [0.15, 0.2) is 0 Å². The van der Waals surface area contributed by atoms with Crippen LogP contribution in [0.2, 0.25) is 0 Å². The number of nitrogens with zero attached hydrogens (tertiary/aromatic N) is 5. The molecule has 4 amide bonds. The number of benzene rings is 6. The number of thioether (sulfide) groups is 1. The van der Waals surface area contributed by atoms with Crippen LogP contribution >= 0.6 is 11.8 Å². The van der Waals surface area contributed by atoms with Crippen LogP contribution < -0.4 is 47.3 Å². The number of aliphatic carboxylic acids is 1. The number of rotatable bonds is 39. The maximum Gasteiger partial charge on any atom is 0.336 e. The molecule has 0 saturated carbocycles. The van der Waals surface area contributed by atoms with Crippen LogP contribution in [0.4, 0.5) is 20.2 Å². The molecule has 3 heterocycles. The maximum absolute atomic E-state index is 16.6. The average molecular weight is 1440 g/mol. The van der Waals surface area contributed by atoms with Crippen LogP contribution in [0.1, 0.15) is 57.9 Å². The standard InChI is InChI=1S/C75H84F2N8O17S/c1-47-11-9-16-59(76)58(47)44-83-70(77)68(72(90)84(75(83)95)45-60(78)49-13-7-6-8-14-49)50-15-10-12-48(39-50)17-24-65(86)79-26-28-97-30-32-99-34-36-101-38-37-100-35-33-98-31-29-96-27-25-66(87)80-61(74(93)94)46-103-64-43-67(88)85(71(64)89)53-20-21-54(57(40-53)73(91)92)69-55-22-18-51(81(2)3)41-62(55)102-63-42-52(82(4)5)19-23-56(63)69/h6-16,18-23,39-42,60-61,64H,17,24-38,43-46,78H2,1-5H3,(H3-,79,80,86,87,91,92,93,94)/p+1/t60-,61?,64?/m0/s1. The van der Waals surface area contributed by atoms with Crippen molar-refractivity contribution in [2.75, 3.05) is 130 Å². The molecule has 546 valence electrons. The van der Waals surface area contributed by atoms with Gasteiger partial charge in [0.25, 0.3) is 5.56 Å². The smallest absolute Gasteiger partial charge is 0.336 e. The zero-order valence-electron chi connectivity index (χ0n) is 58.0. The van der Waals surface area contributed by atoms with Crippen LogP contribution in [-0.4, -0.2) is 186 Å². The zero-order valence-corrected chi connectivity index (χ0v) is 58.8. The molecule has 6 N–H and O–H groups in total. The van der Waals surface area contributed by atoms with Gasteiger partial charge in [-0.25, -0.2) is 28.2 Å². The number of hydrogen-bond acceptors (Lipinski definition) is 18. The monoisotopic (exact) mass is 1440 g/mol. The molecule has 28 heteroatoms. The Balaban J connectivity index is 0.598. The van der Waals surface area contributed by atoms with Crippen LogP contribution in [0, 0.1) is 18.7 Å². The Bertz CT molecular complexity index is 4490. The van der Waals surface area contributed by atoms with E-state index in [1.54, 1.807) is 67.6 Å². The summed E-state index contributed by atoms with van der Waals surface area (Å²) in [6, 6.07) is 33.2. The molecule has 3 aliphatic rings. The van der Waals surface area contributed by atoms with Crippen LogP contribution in [0.25, 0.3) is 44.5 Å². The number of imide groups is 1. The van der Waals surface area contributed by atoms with E-state index in [1.807, 2.05) is 74.1 Å². The molecule has 0 radical (unpaired) electrons. The zero-order chi connectivity index (χ0) is 73.7. The number of amides is 4. The van der Waals surface area contributed by atoms with Gasteiger partial charge in [-0.3, -0.25) is 33.1 Å². The molecular formula is C75H85F2N8O17S+. The Morgan fingerprint density at radius 3 is 2.00 bits per heavy atom. The van der Waals surface area contributed by atoms with E-state index in [2.05, 4.69) is 10.6 Å². The Morgan fingerprint density at radius 2 is 1.36 bits per heavy atom. The largest absolute Gasteiger partial charge is 0.480 e. The number of hydrogen-bond donors (Lipinski definition) is 5. The number of ether oxygens (including phenoxy) is 6. The van der Waals surface area contributed by atoms with Crippen molar-refractivity contribution in [2.24, 2.45) is 5.73 Å². The third-order valence-corrected chi connectivity index (χ3v) is 18.4. The van der Waals surface area contributed by atoms with E-state index in [9.17, 15) is 48.6 Å². The highest BCUT2D eigenvalue weighted by Crippen LogP contribution is 2.43. The number of anilines is 2. The molecule has 1 aromatic heterocycles. The molecule has 1 saturated heterocycles. The number of carbonyl (C=O) groups is 6. The molecular weight excluding hydrogens is 1350 g/mol. The van der Waals surface area contributed by atoms with Crippen LogP contribution in [-0.2, 0) is 71.9 Å². The maximum atomic E-state index is 16.6. The lowest BCUT2D eigenvalue weighted by molar-refractivity contribution is -0.141. The highest BCUT2D eigenvalue weighted by atomic mass is 32.2. The number of aromatic carboxylic acids is 1. The van der Waals surface area contributed by atoms with Crippen molar-refractivity contribution in [3.8, 4) is 33.6 Å². The fraction of sp³-hybridized carbons (Fsp3) is 0.373. The second kappa shape index (κ2) is 37.4. The Hall–Kier alpha value is -9.78. The molecule has 0 spiro atoms. The SMILES string of the molecule is Cc1cccc(F)c1Cn1c(F)c(-c2cccc(CCC(=O)NCCOCCOCCOCCOCCOCCOCCC(=O)NC(CSC3CC(=O)N(c4ccc(-c5c6ccc(=[N+](C)C)cc-6oc6cc(N(C)C)ccc56)c(C(=O)O)c4)C3=O)C(=O)O)c2)c(=O)n(C[C@H](N)c2ccccc2)c1=O. The van der Waals surface area contributed by atoms with Gasteiger partial charge >= 0.3 is 17.6 Å². The van der Waals surface area contributed by atoms with Crippen molar-refractivity contribution < 1.29 is 80.6 Å². The van der Waals surface area contributed by atoms with Gasteiger partial charge in [-0.05, 0) is 77.6 Å². The number of carboxylic acids is 2. The van der Waals surface area contributed by atoms with Gasteiger partial charge in [-0.2, -0.15) is 4.39 Å². The molecule has 5 aromatic carbocycles. The van der Waals surface area contributed by atoms with Gasteiger partial charge < -0.3 is 64.3 Å². The molecule has 1 aliphatic carbocycles. The first-order valence-corrected chi connectivity index (χ1v) is 34.6. The van der Waals surface area contributed by atoms with E-state index >= 15 is 8.78 Å². The lowest BCUT2D eigenvalue weighted by Crippen LogP contribution is -2.44. The fourth-order valence-electron chi connectivity index (χ4n) is 11.5. The number of nitrogens with two attached hydrogens (primary N) is 1. The highest BCUT2D eigenvalue weighted by molar-refractivity contribution is 8.00. The van der Waals surface area contributed by atoms with Gasteiger partial charge in [0.2, 0.25) is 34.9 Å². The highest BCUT2D eigenvalue weighted by Gasteiger charge is 2.41. The summed E-state index contributed by atoms with van der Waals surface area (Å²) in [5, 5.41) is 26.4. The van der Waals surface area contributed by atoms with E-state index in [1.165, 1.54) is 30.3 Å². The van der Waals surface area contributed by atoms with Gasteiger partial charge in [-0.1, -0.05) is 72.8 Å². The summed E-state index contributed by atoms with van der Waals surface area (Å²) in [5.74, 6) is -6.20. The van der Waals surface area contributed by atoms with Crippen molar-refractivity contribution in [3.63, 3.8) is 0 Å². The number of aryl methyl sites for hydroxylation is 2. The average Bonchev–Trinajstić information content (AvgIpc) is 1.01. The summed E-state index contributed by atoms with van der Waals surface area (Å²) in [6.07, 6.45) is -0.0959. The lowest BCUT2D eigenvalue weighted by atomic mass is 9.90. The molecule has 25 nitrogen and oxygen atoms in total. The normalized spacial score (nSPS) is 13.6. The molecule has 6 aromatic rings. The molecule has 3 atom stereocenters. The number of aromatic nitrogens is 2. The third kappa shape index (κ3) is 20.5. The molecule has 0 bridgehead atoms. The lowest BCUT2D eigenvalue weighted by Gasteiger charge is -2.21. The predicted octanol–water partition coefficient (Wildman–Crippen LogP) is 6.50. The van der Waals surface area contributed by atoms with E-state index in [0.29, 0.717) is 89.8 Å². The van der Waals surface area contributed by atoms with Crippen molar-refractivity contribution in [1.29, 1.82) is 0 Å². The van der Waals surface area contributed by atoms with Crippen molar-refractivity contribution in [2.45, 2.75) is 63.0 Å². The minimum absolute atomic E-state index is 0.0232. The van der Waals surface area contributed by atoms with Crippen LogP contribution in [0.3, 0.4) is 0 Å². The molecule has 2 aliphatic heterocycles. The first-order valence-electron chi connectivity index (χ1n) is 33.6. The Labute approximate surface area is 597 Å². The van der Waals surface area contributed by atoms with Gasteiger partial charge in [0.1, 0.15) is 42.9 Å². The Morgan fingerprint density at radius 1 is 0.709 bits per heavy atom. The third-order valence-electron chi connectivity index (χ3n) is 17.1. The van der Waals surface area contributed by atoms with Crippen molar-refractivity contribution >= 4 is 69.7 Å². The molecule has 1 fully saturated rings. The number of halogens is 2. The summed E-state index contributed by atoms with van der Waals surface area (Å²) in [5.41, 5.74) is 9.11. The number of carbonyl (C=O) groups excluding carboxylic acids is 4. The minimum atomic E-state index is -1.39. The van der Waals surface area contributed by atoms with Gasteiger partial charge in [0, 0.05) is 91.6 Å².